The highest BCUT2D eigenvalue weighted by Crippen LogP contribution is 2.29. The second-order valence-corrected chi connectivity index (χ2v) is 16.5. The summed E-state index contributed by atoms with van der Waals surface area (Å²) in [5.41, 5.74) is -1.04. The fourth-order valence-corrected chi connectivity index (χ4v) is 6.32. The maximum Gasteiger partial charge on any atom is 0.311 e. The number of unbranched alkanes of at least 4 members (excludes halogenated alkanes) is 16. The minimum absolute atomic E-state index is 0.108. The zero-order valence-electron chi connectivity index (χ0n) is 34.5. The molecule has 0 unspecified atom stereocenters. The second kappa shape index (κ2) is 30.9. The van der Waals surface area contributed by atoms with Crippen molar-refractivity contribution in [2.75, 3.05) is 33.9 Å². The smallest absolute Gasteiger partial charge is 0.311 e. The first-order valence-electron chi connectivity index (χ1n) is 21.0. The molecule has 0 amide bonds. The van der Waals surface area contributed by atoms with E-state index in [4.69, 9.17) is 14.2 Å². The van der Waals surface area contributed by atoms with Crippen LogP contribution in [0.25, 0.3) is 0 Å². The van der Waals surface area contributed by atoms with Crippen molar-refractivity contribution in [2.24, 2.45) is 10.8 Å². The van der Waals surface area contributed by atoms with Gasteiger partial charge in [-0.1, -0.05) is 117 Å². The van der Waals surface area contributed by atoms with E-state index in [2.05, 4.69) is 18.7 Å². The number of rotatable bonds is 35. The standard InChI is InChI=1S/C43H83NO6/c1-9-11-13-15-17-19-21-27-36-48-40(46)42(3,4)33-25-23-30-38(50-39(45)32-29-35-44(7)8)31-24-26-34-43(5,6)41(47)49-37-28-22-20-18-16-14-12-10-2/h38H,9-37H2,1-8H3. The van der Waals surface area contributed by atoms with E-state index in [0.29, 0.717) is 19.6 Å². The SMILES string of the molecule is CCCCCCCCCCOC(=O)C(C)(C)CCCCC(CCCCC(C)(C)C(=O)OCCCCCCCCCC)OC(=O)CCCN(C)C. The Labute approximate surface area is 310 Å². The van der Waals surface area contributed by atoms with Crippen molar-refractivity contribution in [3.8, 4) is 0 Å². The van der Waals surface area contributed by atoms with Gasteiger partial charge in [-0.3, -0.25) is 14.4 Å². The Morgan fingerprint density at radius 1 is 0.520 bits per heavy atom. The van der Waals surface area contributed by atoms with Crippen LogP contribution in [0.3, 0.4) is 0 Å². The maximum atomic E-state index is 12.8. The van der Waals surface area contributed by atoms with Gasteiger partial charge < -0.3 is 19.1 Å². The molecule has 0 aliphatic heterocycles. The van der Waals surface area contributed by atoms with Crippen LogP contribution in [0.15, 0.2) is 0 Å². The third-order valence-corrected chi connectivity index (χ3v) is 10.0. The molecule has 296 valence electrons. The number of carbonyl (C=O) groups excluding carboxylic acids is 3. The van der Waals surface area contributed by atoms with Crippen LogP contribution in [0, 0.1) is 10.8 Å². The van der Waals surface area contributed by atoms with E-state index < -0.39 is 10.8 Å². The first-order chi connectivity index (χ1) is 23.9. The average Bonchev–Trinajstić information content (AvgIpc) is 3.06. The normalized spacial score (nSPS) is 12.1. The number of ether oxygens (including phenoxy) is 3. The van der Waals surface area contributed by atoms with E-state index in [1.165, 1.54) is 77.0 Å². The molecule has 0 atom stereocenters. The van der Waals surface area contributed by atoms with Crippen molar-refractivity contribution >= 4 is 17.9 Å². The quantitative estimate of drug-likeness (QED) is 0.0368. The third kappa shape index (κ3) is 28.0. The van der Waals surface area contributed by atoms with Crippen LogP contribution in [0.2, 0.25) is 0 Å². The van der Waals surface area contributed by atoms with Crippen molar-refractivity contribution in [3.05, 3.63) is 0 Å². The highest BCUT2D eigenvalue weighted by Gasteiger charge is 2.30. The number of hydrogen-bond acceptors (Lipinski definition) is 7. The first kappa shape index (κ1) is 48.4. The van der Waals surface area contributed by atoms with Crippen molar-refractivity contribution in [3.63, 3.8) is 0 Å². The molecule has 0 aliphatic carbocycles. The summed E-state index contributed by atoms with van der Waals surface area (Å²) in [6.45, 7) is 14.3. The molecular weight excluding hydrogens is 626 g/mol. The van der Waals surface area contributed by atoms with Crippen LogP contribution in [0.5, 0.6) is 0 Å². The van der Waals surface area contributed by atoms with E-state index in [-0.39, 0.29) is 24.0 Å². The molecule has 0 spiro atoms. The van der Waals surface area contributed by atoms with Crippen molar-refractivity contribution in [1.29, 1.82) is 0 Å². The molecule has 0 aromatic heterocycles. The van der Waals surface area contributed by atoms with Gasteiger partial charge in [-0.2, -0.15) is 0 Å². The van der Waals surface area contributed by atoms with Gasteiger partial charge in [0.15, 0.2) is 0 Å². The van der Waals surface area contributed by atoms with Crippen LogP contribution >= 0.6 is 0 Å². The lowest BCUT2D eigenvalue weighted by atomic mass is 9.86. The van der Waals surface area contributed by atoms with Crippen LogP contribution in [0.1, 0.15) is 208 Å². The van der Waals surface area contributed by atoms with Gasteiger partial charge in [0, 0.05) is 6.42 Å². The van der Waals surface area contributed by atoms with E-state index in [1.807, 2.05) is 41.8 Å². The van der Waals surface area contributed by atoms with Crippen LogP contribution < -0.4 is 0 Å². The molecule has 0 rings (SSSR count). The van der Waals surface area contributed by atoms with Gasteiger partial charge in [0.25, 0.3) is 0 Å². The highest BCUT2D eigenvalue weighted by atomic mass is 16.5. The van der Waals surface area contributed by atoms with Crippen molar-refractivity contribution in [1.82, 2.24) is 4.90 Å². The molecule has 0 N–H and O–H groups in total. The fraction of sp³-hybridized carbons (Fsp3) is 0.930. The summed E-state index contributed by atoms with van der Waals surface area (Å²) < 4.78 is 17.3. The fourth-order valence-electron chi connectivity index (χ4n) is 6.32. The van der Waals surface area contributed by atoms with Crippen molar-refractivity contribution in [2.45, 2.75) is 215 Å². The summed E-state index contributed by atoms with van der Waals surface area (Å²) in [6, 6.07) is 0. The molecule has 0 aromatic carbocycles. The van der Waals surface area contributed by atoms with E-state index in [1.54, 1.807) is 0 Å². The van der Waals surface area contributed by atoms with Gasteiger partial charge in [0.05, 0.1) is 24.0 Å². The number of esters is 3. The van der Waals surface area contributed by atoms with E-state index in [0.717, 1.165) is 90.0 Å². The van der Waals surface area contributed by atoms with Crippen LogP contribution in [-0.4, -0.2) is 62.8 Å². The van der Waals surface area contributed by atoms with Gasteiger partial charge in [-0.05, 0) is 106 Å². The number of hydrogen-bond donors (Lipinski definition) is 0. The van der Waals surface area contributed by atoms with Gasteiger partial charge in [-0.15, -0.1) is 0 Å². The Hall–Kier alpha value is -1.63. The number of carbonyl (C=O) groups is 3. The summed E-state index contributed by atoms with van der Waals surface area (Å²) in [4.78, 5) is 40.4. The van der Waals surface area contributed by atoms with Gasteiger partial charge in [-0.25, -0.2) is 0 Å². The molecule has 0 bridgehead atoms. The molecule has 0 radical (unpaired) electrons. The average molecular weight is 710 g/mol. The monoisotopic (exact) mass is 710 g/mol. The van der Waals surface area contributed by atoms with Crippen LogP contribution in [0.4, 0.5) is 0 Å². The molecule has 0 saturated carbocycles. The molecular formula is C43H83NO6. The Morgan fingerprint density at radius 3 is 1.28 bits per heavy atom. The first-order valence-corrected chi connectivity index (χ1v) is 21.0. The summed E-state index contributed by atoms with van der Waals surface area (Å²) in [5, 5.41) is 0. The predicted molar refractivity (Wildman–Crippen MR) is 209 cm³/mol. The molecule has 50 heavy (non-hydrogen) atoms. The third-order valence-electron chi connectivity index (χ3n) is 10.0. The van der Waals surface area contributed by atoms with Crippen molar-refractivity contribution < 1.29 is 28.6 Å². The molecule has 0 aromatic rings. The molecule has 0 fully saturated rings. The summed E-state index contributed by atoms with van der Waals surface area (Å²) in [7, 11) is 4.02. The molecule has 7 heteroatoms. The molecule has 0 saturated heterocycles. The molecule has 7 nitrogen and oxygen atoms in total. The summed E-state index contributed by atoms with van der Waals surface area (Å²) >= 11 is 0. The zero-order valence-corrected chi connectivity index (χ0v) is 34.5. The highest BCUT2D eigenvalue weighted by molar-refractivity contribution is 5.76. The summed E-state index contributed by atoms with van der Waals surface area (Å²) in [6.07, 6.45) is 27.3. The Balaban J connectivity index is 4.58. The summed E-state index contributed by atoms with van der Waals surface area (Å²) in [5.74, 6) is -0.349. The topological polar surface area (TPSA) is 82.1 Å². The molecule has 0 aliphatic rings. The minimum atomic E-state index is -0.521. The largest absolute Gasteiger partial charge is 0.465 e. The number of nitrogens with zero attached hydrogens (tertiary/aromatic N) is 1. The zero-order chi connectivity index (χ0) is 37.5. The molecule has 0 heterocycles. The van der Waals surface area contributed by atoms with Gasteiger partial charge in [0.1, 0.15) is 6.10 Å². The second-order valence-electron chi connectivity index (χ2n) is 16.5. The maximum absolute atomic E-state index is 12.8. The van der Waals surface area contributed by atoms with Crippen LogP contribution in [-0.2, 0) is 28.6 Å². The lowest BCUT2D eigenvalue weighted by Crippen LogP contribution is -2.27. The van der Waals surface area contributed by atoms with Gasteiger partial charge >= 0.3 is 17.9 Å². The van der Waals surface area contributed by atoms with Gasteiger partial charge in [0.2, 0.25) is 0 Å². The van der Waals surface area contributed by atoms with E-state index in [9.17, 15) is 14.4 Å². The minimum Gasteiger partial charge on any atom is -0.465 e. The lowest BCUT2D eigenvalue weighted by Gasteiger charge is -2.24. The Morgan fingerprint density at radius 2 is 0.900 bits per heavy atom. The lowest BCUT2D eigenvalue weighted by molar-refractivity contribution is -0.155. The Kier molecular flexibility index (Phi) is 29.9. The predicted octanol–water partition coefficient (Wildman–Crippen LogP) is 11.8. The Bertz CT molecular complexity index is 785. The van der Waals surface area contributed by atoms with E-state index >= 15 is 0 Å².